The van der Waals surface area contributed by atoms with Gasteiger partial charge in [0.2, 0.25) is 0 Å². The SMILES string of the molecule is O=Cc1cc(OCc2ccccc2)ccc1-c1ccc(C(F)F)cc1. The van der Waals surface area contributed by atoms with Crippen molar-refractivity contribution in [2.75, 3.05) is 0 Å². The summed E-state index contributed by atoms with van der Waals surface area (Å²) in [6.07, 6.45) is -1.76. The summed E-state index contributed by atoms with van der Waals surface area (Å²) in [5, 5.41) is 0. The summed E-state index contributed by atoms with van der Waals surface area (Å²) < 4.78 is 31.0. The van der Waals surface area contributed by atoms with E-state index in [0.29, 0.717) is 29.0 Å². The van der Waals surface area contributed by atoms with Gasteiger partial charge < -0.3 is 4.74 Å². The minimum atomic E-state index is -2.51. The van der Waals surface area contributed by atoms with Crippen molar-refractivity contribution in [1.29, 1.82) is 0 Å². The maximum Gasteiger partial charge on any atom is 0.263 e. The molecule has 0 saturated carbocycles. The number of carbonyl (C=O) groups is 1. The third-order valence-electron chi connectivity index (χ3n) is 3.87. The first-order valence-electron chi connectivity index (χ1n) is 7.82. The van der Waals surface area contributed by atoms with Crippen molar-refractivity contribution in [2.45, 2.75) is 13.0 Å². The molecule has 0 aliphatic heterocycles. The van der Waals surface area contributed by atoms with E-state index in [1.807, 2.05) is 30.3 Å². The molecule has 0 atom stereocenters. The Morgan fingerprint density at radius 2 is 1.64 bits per heavy atom. The summed E-state index contributed by atoms with van der Waals surface area (Å²) in [5.74, 6) is 0.582. The third-order valence-corrected chi connectivity index (χ3v) is 3.87. The molecular weight excluding hydrogens is 322 g/mol. The van der Waals surface area contributed by atoms with Crippen LogP contribution in [0.15, 0.2) is 72.8 Å². The normalized spacial score (nSPS) is 10.7. The van der Waals surface area contributed by atoms with E-state index >= 15 is 0 Å². The summed E-state index contributed by atoms with van der Waals surface area (Å²) in [6.45, 7) is 0.404. The molecule has 25 heavy (non-hydrogen) atoms. The van der Waals surface area contributed by atoms with Crippen LogP contribution in [0.5, 0.6) is 5.75 Å². The molecular formula is C21H16F2O2. The van der Waals surface area contributed by atoms with Crippen LogP contribution in [0.3, 0.4) is 0 Å². The summed E-state index contributed by atoms with van der Waals surface area (Å²) >= 11 is 0. The molecule has 0 fully saturated rings. The van der Waals surface area contributed by atoms with Crippen LogP contribution in [0.25, 0.3) is 11.1 Å². The minimum absolute atomic E-state index is 0.0424. The Bertz CT molecular complexity index is 844. The molecule has 4 heteroatoms. The zero-order chi connectivity index (χ0) is 17.6. The fourth-order valence-electron chi connectivity index (χ4n) is 2.54. The Morgan fingerprint density at radius 3 is 2.28 bits per heavy atom. The number of carbonyl (C=O) groups excluding carboxylic acids is 1. The molecule has 0 radical (unpaired) electrons. The van der Waals surface area contributed by atoms with Crippen molar-refractivity contribution in [1.82, 2.24) is 0 Å². The molecule has 0 spiro atoms. The first-order valence-corrected chi connectivity index (χ1v) is 7.82. The molecule has 0 bridgehead atoms. The number of rotatable bonds is 6. The summed E-state index contributed by atoms with van der Waals surface area (Å²) in [5.41, 5.74) is 2.83. The molecule has 0 N–H and O–H groups in total. The van der Waals surface area contributed by atoms with Crippen LogP contribution >= 0.6 is 0 Å². The molecule has 0 aromatic heterocycles. The highest BCUT2D eigenvalue weighted by atomic mass is 19.3. The summed E-state index contributed by atoms with van der Waals surface area (Å²) in [6, 6.07) is 20.8. The van der Waals surface area contributed by atoms with E-state index in [4.69, 9.17) is 4.74 Å². The smallest absolute Gasteiger partial charge is 0.263 e. The maximum atomic E-state index is 12.7. The second kappa shape index (κ2) is 7.71. The highest BCUT2D eigenvalue weighted by Crippen LogP contribution is 2.29. The van der Waals surface area contributed by atoms with Crippen molar-refractivity contribution in [3.63, 3.8) is 0 Å². The Labute approximate surface area is 144 Å². The second-order valence-electron chi connectivity index (χ2n) is 5.56. The standard InChI is InChI=1S/C21H16F2O2/c22-21(23)17-8-6-16(7-9-17)20-11-10-19(12-18(20)13-24)25-14-15-4-2-1-3-5-15/h1-13,21H,14H2. The lowest BCUT2D eigenvalue weighted by molar-refractivity contribution is 0.112. The Hall–Kier alpha value is -3.01. The van der Waals surface area contributed by atoms with E-state index in [1.165, 1.54) is 12.1 Å². The molecule has 0 amide bonds. The second-order valence-corrected chi connectivity index (χ2v) is 5.56. The first kappa shape index (κ1) is 16.8. The molecule has 126 valence electrons. The van der Waals surface area contributed by atoms with Gasteiger partial charge in [0.05, 0.1) is 0 Å². The molecule has 0 aliphatic rings. The Balaban J connectivity index is 1.80. The van der Waals surface area contributed by atoms with E-state index in [2.05, 4.69) is 0 Å². The number of benzene rings is 3. The van der Waals surface area contributed by atoms with E-state index in [9.17, 15) is 13.6 Å². The first-order chi connectivity index (χ1) is 12.2. The predicted molar refractivity (Wildman–Crippen MR) is 93.0 cm³/mol. The molecule has 3 aromatic carbocycles. The molecule has 3 rings (SSSR count). The van der Waals surface area contributed by atoms with Crippen LogP contribution in [-0.4, -0.2) is 6.29 Å². The van der Waals surface area contributed by atoms with Gasteiger partial charge in [-0.1, -0.05) is 54.6 Å². The van der Waals surface area contributed by atoms with Gasteiger partial charge in [0, 0.05) is 11.1 Å². The van der Waals surface area contributed by atoms with Gasteiger partial charge in [-0.05, 0) is 34.9 Å². The Morgan fingerprint density at radius 1 is 0.920 bits per heavy atom. The lowest BCUT2D eigenvalue weighted by atomic mass is 9.99. The molecule has 0 saturated heterocycles. The van der Waals surface area contributed by atoms with Crippen LogP contribution < -0.4 is 4.74 Å². The predicted octanol–water partition coefficient (Wildman–Crippen LogP) is 5.68. The van der Waals surface area contributed by atoms with Crippen LogP contribution in [0.2, 0.25) is 0 Å². The van der Waals surface area contributed by atoms with Gasteiger partial charge in [0.25, 0.3) is 6.43 Å². The highest BCUT2D eigenvalue weighted by Gasteiger charge is 2.10. The number of hydrogen-bond donors (Lipinski definition) is 0. The highest BCUT2D eigenvalue weighted by molar-refractivity contribution is 5.88. The van der Waals surface area contributed by atoms with Gasteiger partial charge in [-0.25, -0.2) is 8.78 Å². The third kappa shape index (κ3) is 4.10. The lowest BCUT2D eigenvalue weighted by Gasteiger charge is -2.10. The van der Waals surface area contributed by atoms with E-state index in [1.54, 1.807) is 30.3 Å². The average Bonchev–Trinajstić information content (AvgIpc) is 2.67. The quantitative estimate of drug-likeness (QED) is 0.540. The fourth-order valence-corrected chi connectivity index (χ4v) is 2.54. The number of alkyl halides is 2. The average molecular weight is 338 g/mol. The lowest BCUT2D eigenvalue weighted by Crippen LogP contribution is -1.97. The zero-order valence-corrected chi connectivity index (χ0v) is 13.4. The van der Waals surface area contributed by atoms with Gasteiger partial charge in [-0.3, -0.25) is 4.79 Å². The van der Waals surface area contributed by atoms with Crippen LogP contribution in [0.1, 0.15) is 27.9 Å². The monoisotopic (exact) mass is 338 g/mol. The number of halogens is 2. The zero-order valence-electron chi connectivity index (χ0n) is 13.4. The summed E-state index contributed by atoms with van der Waals surface area (Å²) in [4.78, 5) is 11.4. The van der Waals surface area contributed by atoms with Crippen LogP contribution in [-0.2, 0) is 6.61 Å². The number of aldehydes is 1. The summed E-state index contributed by atoms with van der Waals surface area (Å²) in [7, 11) is 0. The molecule has 2 nitrogen and oxygen atoms in total. The van der Waals surface area contributed by atoms with Gasteiger partial charge >= 0.3 is 0 Å². The molecule has 0 heterocycles. The van der Waals surface area contributed by atoms with Crippen LogP contribution in [0, 0.1) is 0 Å². The van der Waals surface area contributed by atoms with Gasteiger partial charge in [-0.2, -0.15) is 0 Å². The van der Waals surface area contributed by atoms with E-state index in [0.717, 1.165) is 11.8 Å². The topological polar surface area (TPSA) is 26.3 Å². The van der Waals surface area contributed by atoms with Crippen LogP contribution in [0.4, 0.5) is 8.78 Å². The van der Waals surface area contributed by atoms with Crippen molar-refractivity contribution in [3.8, 4) is 16.9 Å². The number of hydrogen-bond acceptors (Lipinski definition) is 2. The van der Waals surface area contributed by atoms with Crippen molar-refractivity contribution < 1.29 is 18.3 Å². The largest absolute Gasteiger partial charge is 0.489 e. The van der Waals surface area contributed by atoms with Crippen molar-refractivity contribution in [2.24, 2.45) is 0 Å². The molecule has 0 aliphatic carbocycles. The van der Waals surface area contributed by atoms with E-state index in [-0.39, 0.29) is 5.56 Å². The van der Waals surface area contributed by atoms with Gasteiger partial charge in [0.1, 0.15) is 12.4 Å². The maximum absolute atomic E-state index is 12.7. The van der Waals surface area contributed by atoms with Crippen molar-refractivity contribution in [3.05, 3.63) is 89.5 Å². The number of ether oxygens (including phenoxy) is 1. The molecule has 0 unspecified atom stereocenters. The molecule has 3 aromatic rings. The Kier molecular flexibility index (Phi) is 5.19. The van der Waals surface area contributed by atoms with Crippen molar-refractivity contribution >= 4 is 6.29 Å². The van der Waals surface area contributed by atoms with Gasteiger partial charge in [-0.15, -0.1) is 0 Å². The minimum Gasteiger partial charge on any atom is -0.489 e. The fraction of sp³-hybridized carbons (Fsp3) is 0.0952. The van der Waals surface area contributed by atoms with E-state index < -0.39 is 6.43 Å². The van der Waals surface area contributed by atoms with Gasteiger partial charge in [0.15, 0.2) is 6.29 Å².